The molecule has 2 rings (SSSR count). The van der Waals surface area contributed by atoms with Crippen LogP contribution in [0.4, 0.5) is 0 Å². The molecule has 0 aliphatic rings. The number of carbonyl (C=O) groups excluding carboxylic acids is 1. The zero-order valence-electron chi connectivity index (χ0n) is 14.6. The summed E-state index contributed by atoms with van der Waals surface area (Å²) in [6, 6.07) is 9.23. The first-order valence-corrected chi connectivity index (χ1v) is 9.02. The predicted octanol–water partition coefficient (Wildman–Crippen LogP) is 3.76. The molecule has 2 N–H and O–H groups in total. The van der Waals surface area contributed by atoms with Gasteiger partial charge in [0.25, 0.3) is 5.91 Å². The van der Waals surface area contributed by atoms with Gasteiger partial charge >= 0.3 is 0 Å². The van der Waals surface area contributed by atoms with E-state index in [-0.39, 0.29) is 18.6 Å². The van der Waals surface area contributed by atoms with Crippen molar-refractivity contribution >= 4 is 17.2 Å². The first-order chi connectivity index (χ1) is 11.4. The van der Waals surface area contributed by atoms with Crippen LogP contribution in [-0.4, -0.2) is 17.1 Å². The van der Waals surface area contributed by atoms with Gasteiger partial charge in [-0.3, -0.25) is 4.79 Å². The lowest BCUT2D eigenvalue weighted by molar-refractivity contribution is -0.127. The molecule has 0 radical (unpaired) electrons. The Bertz CT molecular complexity index is 696. The lowest BCUT2D eigenvalue weighted by atomic mass is 10.2. The highest BCUT2D eigenvalue weighted by Gasteiger charge is 2.19. The molecule has 0 spiro atoms. The Balaban J connectivity index is 1.97. The van der Waals surface area contributed by atoms with Gasteiger partial charge in [-0.05, 0) is 56.5 Å². The number of nitrogens with one attached hydrogen (secondary N) is 1. The molecule has 0 aliphatic carbocycles. The van der Waals surface area contributed by atoms with Gasteiger partial charge in [-0.25, -0.2) is 0 Å². The topological polar surface area (TPSA) is 58.6 Å². The van der Waals surface area contributed by atoms with Crippen LogP contribution in [0.25, 0.3) is 0 Å². The number of aryl methyl sites for hydroxylation is 2. The summed E-state index contributed by atoms with van der Waals surface area (Å²) in [5.41, 5.74) is 2.04. The molecular weight excluding hydrogens is 322 g/mol. The Morgan fingerprint density at radius 1 is 1.33 bits per heavy atom. The van der Waals surface area contributed by atoms with Crippen molar-refractivity contribution in [3.05, 3.63) is 51.2 Å². The zero-order valence-corrected chi connectivity index (χ0v) is 15.4. The molecule has 4 nitrogen and oxygen atoms in total. The highest BCUT2D eigenvalue weighted by molar-refractivity contribution is 7.12. The Morgan fingerprint density at radius 3 is 2.71 bits per heavy atom. The van der Waals surface area contributed by atoms with Crippen LogP contribution in [0.2, 0.25) is 0 Å². The van der Waals surface area contributed by atoms with Gasteiger partial charge in [-0.15, -0.1) is 11.3 Å². The molecule has 1 heterocycles. The second-order valence-electron chi connectivity index (χ2n) is 5.90. The molecule has 0 aliphatic heterocycles. The number of hydrogen-bond acceptors (Lipinski definition) is 4. The largest absolute Gasteiger partial charge is 0.481 e. The van der Waals surface area contributed by atoms with Gasteiger partial charge in [-0.1, -0.05) is 19.1 Å². The number of rotatable bonds is 7. The van der Waals surface area contributed by atoms with Crippen LogP contribution in [0.15, 0.2) is 30.3 Å². The third-order valence-electron chi connectivity index (χ3n) is 3.91. The number of carbonyl (C=O) groups is 1. The summed E-state index contributed by atoms with van der Waals surface area (Å²) in [5.74, 6) is 0.429. The minimum absolute atomic E-state index is 0.0451. The highest BCUT2D eigenvalue weighted by atomic mass is 32.1. The quantitative estimate of drug-likeness (QED) is 0.802. The molecule has 0 fully saturated rings. The smallest absolute Gasteiger partial charge is 0.261 e. The first kappa shape index (κ1) is 18.5. The number of ether oxygens (including phenoxy) is 1. The molecule has 0 saturated heterocycles. The fourth-order valence-electron chi connectivity index (χ4n) is 2.49. The zero-order chi connectivity index (χ0) is 17.7. The van der Waals surface area contributed by atoms with Gasteiger partial charge in [0.1, 0.15) is 5.75 Å². The van der Waals surface area contributed by atoms with E-state index >= 15 is 0 Å². The van der Waals surface area contributed by atoms with Crippen LogP contribution < -0.4 is 10.1 Å². The van der Waals surface area contributed by atoms with Crippen LogP contribution in [0.5, 0.6) is 5.75 Å². The van der Waals surface area contributed by atoms with Gasteiger partial charge in [-0.2, -0.15) is 0 Å². The van der Waals surface area contributed by atoms with E-state index in [9.17, 15) is 4.79 Å². The minimum atomic E-state index is -0.604. The van der Waals surface area contributed by atoms with Crippen LogP contribution >= 0.6 is 11.3 Å². The summed E-state index contributed by atoms with van der Waals surface area (Å²) < 4.78 is 5.69. The lowest BCUT2D eigenvalue weighted by Gasteiger charge is -2.18. The van der Waals surface area contributed by atoms with Crippen molar-refractivity contribution in [2.24, 2.45) is 0 Å². The monoisotopic (exact) mass is 347 g/mol. The van der Waals surface area contributed by atoms with E-state index in [1.54, 1.807) is 36.5 Å². The summed E-state index contributed by atoms with van der Waals surface area (Å²) in [4.78, 5) is 14.9. The van der Waals surface area contributed by atoms with E-state index in [0.29, 0.717) is 5.75 Å². The Kier molecular flexibility index (Phi) is 6.40. The molecule has 0 bridgehead atoms. The SMILES string of the molecule is CCc1sc(C(C)NC(=O)C(C)Oc2cccc(CO)c2)cc1C. The van der Waals surface area contributed by atoms with Gasteiger partial charge < -0.3 is 15.2 Å². The summed E-state index contributed by atoms with van der Waals surface area (Å²) in [6.07, 6.45) is 0.408. The van der Waals surface area contributed by atoms with E-state index in [1.807, 2.05) is 13.0 Å². The van der Waals surface area contributed by atoms with Crippen molar-refractivity contribution in [1.29, 1.82) is 0 Å². The third-order valence-corrected chi connectivity index (χ3v) is 5.47. The van der Waals surface area contributed by atoms with E-state index in [0.717, 1.165) is 16.9 Å². The van der Waals surface area contributed by atoms with Crippen molar-refractivity contribution in [1.82, 2.24) is 5.32 Å². The molecular formula is C19H25NO3S. The van der Waals surface area contributed by atoms with Crippen molar-refractivity contribution in [3.8, 4) is 5.75 Å². The molecule has 2 atom stereocenters. The number of thiophene rings is 1. The number of benzene rings is 1. The third kappa shape index (κ3) is 4.58. The number of hydrogen-bond donors (Lipinski definition) is 2. The molecule has 130 valence electrons. The van der Waals surface area contributed by atoms with E-state index in [1.165, 1.54) is 10.4 Å². The number of aliphatic hydroxyl groups excluding tert-OH is 1. The fraction of sp³-hybridized carbons (Fsp3) is 0.421. The van der Waals surface area contributed by atoms with E-state index < -0.39 is 6.10 Å². The Morgan fingerprint density at radius 2 is 2.08 bits per heavy atom. The van der Waals surface area contributed by atoms with Crippen molar-refractivity contribution in [2.75, 3.05) is 0 Å². The fourth-order valence-corrected chi connectivity index (χ4v) is 3.61. The standard InChI is InChI=1S/C19H25NO3S/c1-5-17-12(2)9-18(24-17)13(3)20-19(22)14(4)23-16-8-6-7-15(10-16)11-21/h6-10,13-14,21H,5,11H2,1-4H3,(H,20,22). The number of amides is 1. The minimum Gasteiger partial charge on any atom is -0.481 e. The van der Waals surface area contributed by atoms with Gasteiger partial charge in [0.05, 0.1) is 12.6 Å². The van der Waals surface area contributed by atoms with E-state index in [2.05, 4.69) is 25.2 Å². The molecule has 0 saturated carbocycles. The highest BCUT2D eigenvalue weighted by Crippen LogP contribution is 2.27. The van der Waals surface area contributed by atoms with E-state index in [4.69, 9.17) is 9.84 Å². The molecule has 2 aromatic rings. The summed E-state index contributed by atoms with van der Waals surface area (Å²) in [6.45, 7) is 7.91. The van der Waals surface area contributed by atoms with Crippen LogP contribution in [0.3, 0.4) is 0 Å². The second kappa shape index (κ2) is 8.31. The maximum absolute atomic E-state index is 12.4. The molecule has 24 heavy (non-hydrogen) atoms. The predicted molar refractivity (Wildman–Crippen MR) is 97.4 cm³/mol. The van der Waals surface area contributed by atoms with Gasteiger partial charge in [0, 0.05) is 9.75 Å². The van der Waals surface area contributed by atoms with Crippen LogP contribution in [-0.2, 0) is 17.8 Å². The molecule has 5 heteroatoms. The number of aliphatic hydroxyl groups is 1. The molecule has 1 aromatic carbocycles. The molecule has 2 unspecified atom stereocenters. The average Bonchev–Trinajstić information content (AvgIpc) is 2.96. The summed E-state index contributed by atoms with van der Waals surface area (Å²) in [7, 11) is 0. The second-order valence-corrected chi connectivity index (χ2v) is 7.07. The maximum atomic E-state index is 12.4. The van der Waals surface area contributed by atoms with Crippen molar-refractivity contribution in [2.45, 2.75) is 52.9 Å². The first-order valence-electron chi connectivity index (χ1n) is 8.20. The van der Waals surface area contributed by atoms with Crippen molar-refractivity contribution in [3.63, 3.8) is 0 Å². The molecule has 1 aromatic heterocycles. The van der Waals surface area contributed by atoms with Crippen LogP contribution in [0.1, 0.15) is 47.7 Å². The van der Waals surface area contributed by atoms with Gasteiger partial charge in [0.2, 0.25) is 0 Å². The van der Waals surface area contributed by atoms with Crippen molar-refractivity contribution < 1.29 is 14.6 Å². The lowest BCUT2D eigenvalue weighted by Crippen LogP contribution is -2.37. The molecule has 1 amide bonds. The normalized spacial score (nSPS) is 13.4. The summed E-state index contributed by atoms with van der Waals surface area (Å²) >= 11 is 1.75. The Labute approximate surface area is 147 Å². The van der Waals surface area contributed by atoms with Crippen LogP contribution in [0, 0.1) is 6.92 Å². The maximum Gasteiger partial charge on any atom is 0.261 e. The van der Waals surface area contributed by atoms with Gasteiger partial charge in [0.15, 0.2) is 6.10 Å². The average molecular weight is 347 g/mol. The Hall–Kier alpha value is -1.85. The summed E-state index contributed by atoms with van der Waals surface area (Å²) in [5, 5.41) is 12.2.